The molecule has 0 atom stereocenters. The molecule has 1 aromatic carbocycles. The summed E-state index contributed by atoms with van der Waals surface area (Å²) in [5.74, 6) is 0.769. The van der Waals surface area contributed by atoms with Crippen molar-refractivity contribution in [3.8, 4) is 11.5 Å². The third-order valence-corrected chi connectivity index (χ3v) is 2.87. The maximum atomic E-state index is 12.4. The van der Waals surface area contributed by atoms with Crippen molar-refractivity contribution in [2.45, 2.75) is 12.8 Å². The van der Waals surface area contributed by atoms with Crippen molar-refractivity contribution in [3.05, 3.63) is 23.8 Å². The molecule has 1 aliphatic heterocycles. The number of hydrogen-bond donors (Lipinski definition) is 0. The van der Waals surface area contributed by atoms with E-state index in [9.17, 15) is 4.79 Å². The molecule has 1 amide bonds. The Morgan fingerprint density at radius 3 is 2.39 bits per heavy atom. The summed E-state index contributed by atoms with van der Waals surface area (Å²) in [5.41, 5.74) is 0.407. The van der Waals surface area contributed by atoms with Crippen LogP contribution in [-0.4, -0.2) is 38.3 Å². The maximum Gasteiger partial charge on any atom is 0.284 e. The van der Waals surface area contributed by atoms with Crippen molar-refractivity contribution in [1.82, 2.24) is 5.06 Å². The van der Waals surface area contributed by atoms with E-state index in [1.807, 2.05) is 0 Å². The van der Waals surface area contributed by atoms with Crippen LogP contribution in [0.1, 0.15) is 23.2 Å². The number of rotatable bonds is 3. The molecular weight excluding hydrogens is 234 g/mol. The van der Waals surface area contributed by atoms with Gasteiger partial charge >= 0.3 is 0 Å². The van der Waals surface area contributed by atoms with Crippen molar-refractivity contribution in [1.29, 1.82) is 0 Å². The van der Waals surface area contributed by atoms with E-state index in [0.29, 0.717) is 30.2 Å². The van der Waals surface area contributed by atoms with Gasteiger partial charge in [-0.15, -0.1) is 0 Å². The summed E-state index contributed by atoms with van der Waals surface area (Å²) in [7, 11) is 3.06. The van der Waals surface area contributed by atoms with Gasteiger partial charge in [0.15, 0.2) is 0 Å². The molecule has 0 saturated carbocycles. The van der Waals surface area contributed by atoms with E-state index in [4.69, 9.17) is 14.3 Å². The molecular formula is C13H17NO4. The topological polar surface area (TPSA) is 48.0 Å². The fraction of sp³-hybridized carbons (Fsp3) is 0.462. The molecule has 5 nitrogen and oxygen atoms in total. The molecule has 1 saturated heterocycles. The standard InChI is InChI=1S/C13H17NO4/c1-16-10-6-5-7-11(17-2)12(10)13(15)14-8-3-4-9-18-14/h5-7H,3-4,8-9H2,1-2H3. The number of hydrogen-bond acceptors (Lipinski definition) is 4. The zero-order valence-corrected chi connectivity index (χ0v) is 10.6. The van der Waals surface area contributed by atoms with Gasteiger partial charge in [0.1, 0.15) is 17.1 Å². The third kappa shape index (κ3) is 2.41. The fourth-order valence-corrected chi connectivity index (χ4v) is 1.94. The Kier molecular flexibility index (Phi) is 4.04. The highest BCUT2D eigenvalue weighted by Gasteiger charge is 2.25. The molecule has 0 bridgehead atoms. The molecule has 5 heteroatoms. The lowest BCUT2D eigenvalue weighted by atomic mass is 10.1. The summed E-state index contributed by atoms with van der Waals surface area (Å²) in [4.78, 5) is 17.8. The number of benzene rings is 1. The molecule has 1 aliphatic rings. The average Bonchev–Trinajstić information content (AvgIpc) is 2.46. The third-order valence-electron chi connectivity index (χ3n) is 2.87. The lowest BCUT2D eigenvalue weighted by Crippen LogP contribution is -2.36. The lowest BCUT2D eigenvalue weighted by Gasteiger charge is -2.26. The summed E-state index contributed by atoms with van der Waals surface area (Å²) < 4.78 is 10.4. The van der Waals surface area contributed by atoms with Crippen LogP contribution in [0.25, 0.3) is 0 Å². The summed E-state index contributed by atoms with van der Waals surface area (Å²) in [6.07, 6.45) is 1.93. The summed E-state index contributed by atoms with van der Waals surface area (Å²) in [5, 5.41) is 1.38. The minimum atomic E-state index is -0.219. The molecule has 0 N–H and O–H groups in total. The van der Waals surface area contributed by atoms with Gasteiger partial charge in [-0.3, -0.25) is 9.63 Å². The predicted octanol–water partition coefficient (Wildman–Crippen LogP) is 1.87. The quantitative estimate of drug-likeness (QED) is 0.823. The normalized spacial score (nSPS) is 15.3. The number of methoxy groups -OCH3 is 2. The average molecular weight is 251 g/mol. The Morgan fingerprint density at radius 2 is 1.89 bits per heavy atom. The largest absolute Gasteiger partial charge is 0.496 e. The van der Waals surface area contributed by atoms with Crippen LogP contribution in [0, 0.1) is 0 Å². The Morgan fingerprint density at radius 1 is 1.22 bits per heavy atom. The number of ether oxygens (including phenoxy) is 2. The van der Waals surface area contributed by atoms with Gasteiger partial charge in [-0.25, -0.2) is 5.06 Å². The number of carbonyl (C=O) groups is 1. The zero-order chi connectivity index (χ0) is 13.0. The van der Waals surface area contributed by atoms with Gasteiger partial charge in [0, 0.05) is 6.54 Å². The molecule has 1 aromatic rings. The van der Waals surface area contributed by atoms with E-state index < -0.39 is 0 Å². The second kappa shape index (κ2) is 5.73. The van der Waals surface area contributed by atoms with E-state index in [1.165, 1.54) is 19.3 Å². The van der Waals surface area contributed by atoms with Crippen LogP contribution in [0.3, 0.4) is 0 Å². The Labute approximate surface area is 106 Å². The van der Waals surface area contributed by atoms with Crippen molar-refractivity contribution < 1.29 is 19.1 Å². The molecule has 0 aliphatic carbocycles. The molecule has 1 heterocycles. The second-order valence-electron chi connectivity index (χ2n) is 3.99. The van der Waals surface area contributed by atoms with Crippen LogP contribution in [0.5, 0.6) is 11.5 Å². The first-order valence-corrected chi connectivity index (χ1v) is 5.93. The van der Waals surface area contributed by atoms with Gasteiger partial charge < -0.3 is 9.47 Å². The second-order valence-corrected chi connectivity index (χ2v) is 3.99. The Hall–Kier alpha value is -1.75. The van der Waals surface area contributed by atoms with Crippen LogP contribution < -0.4 is 9.47 Å². The zero-order valence-electron chi connectivity index (χ0n) is 10.6. The van der Waals surface area contributed by atoms with Crippen LogP contribution in [-0.2, 0) is 4.84 Å². The van der Waals surface area contributed by atoms with Crippen molar-refractivity contribution in [2.24, 2.45) is 0 Å². The molecule has 2 rings (SSSR count). The highest BCUT2D eigenvalue weighted by atomic mass is 16.7. The molecule has 98 valence electrons. The van der Waals surface area contributed by atoms with Crippen LogP contribution in [0.15, 0.2) is 18.2 Å². The van der Waals surface area contributed by atoms with E-state index in [0.717, 1.165) is 12.8 Å². The summed E-state index contributed by atoms with van der Waals surface area (Å²) in [6.45, 7) is 1.17. The lowest BCUT2D eigenvalue weighted by molar-refractivity contribution is -0.144. The summed E-state index contributed by atoms with van der Waals surface area (Å²) in [6, 6.07) is 5.25. The SMILES string of the molecule is COc1cccc(OC)c1C(=O)N1CCCCO1. The summed E-state index contributed by atoms with van der Waals surface area (Å²) >= 11 is 0. The van der Waals surface area contributed by atoms with Crippen LogP contribution in [0.4, 0.5) is 0 Å². The van der Waals surface area contributed by atoms with Gasteiger partial charge in [-0.05, 0) is 25.0 Å². The predicted molar refractivity (Wildman–Crippen MR) is 65.8 cm³/mol. The molecule has 1 fully saturated rings. The highest BCUT2D eigenvalue weighted by Crippen LogP contribution is 2.30. The first-order valence-electron chi connectivity index (χ1n) is 5.93. The first-order chi connectivity index (χ1) is 8.77. The number of amides is 1. The smallest absolute Gasteiger partial charge is 0.284 e. The van der Waals surface area contributed by atoms with Gasteiger partial charge in [0.2, 0.25) is 0 Å². The van der Waals surface area contributed by atoms with E-state index in [-0.39, 0.29) is 5.91 Å². The fourth-order valence-electron chi connectivity index (χ4n) is 1.94. The van der Waals surface area contributed by atoms with E-state index in [2.05, 4.69) is 0 Å². The number of nitrogens with zero attached hydrogens (tertiary/aromatic N) is 1. The van der Waals surface area contributed by atoms with E-state index in [1.54, 1.807) is 18.2 Å². The molecule has 0 unspecified atom stereocenters. The van der Waals surface area contributed by atoms with Gasteiger partial charge in [0.25, 0.3) is 5.91 Å². The molecule has 0 aromatic heterocycles. The number of carbonyl (C=O) groups excluding carboxylic acids is 1. The Balaban J connectivity index is 2.32. The van der Waals surface area contributed by atoms with Crippen molar-refractivity contribution >= 4 is 5.91 Å². The minimum absolute atomic E-state index is 0.219. The van der Waals surface area contributed by atoms with Crippen LogP contribution >= 0.6 is 0 Å². The maximum absolute atomic E-state index is 12.4. The first kappa shape index (κ1) is 12.7. The van der Waals surface area contributed by atoms with Gasteiger partial charge in [-0.1, -0.05) is 6.07 Å². The monoisotopic (exact) mass is 251 g/mol. The van der Waals surface area contributed by atoms with Gasteiger partial charge in [-0.2, -0.15) is 0 Å². The number of hydroxylamine groups is 2. The highest BCUT2D eigenvalue weighted by molar-refractivity contribution is 5.99. The van der Waals surface area contributed by atoms with Crippen molar-refractivity contribution in [2.75, 3.05) is 27.4 Å². The van der Waals surface area contributed by atoms with E-state index >= 15 is 0 Å². The van der Waals surface area contributed by atoms with Crippen molar-refractivity contribution in [3.63, 3.8) is 0 Å². The molecule has 18 heavy (non-hydrogen) atoms. The Bertz CT molecular complexity index is 405. The van der Waals surface area contributed by atoms with Crippen LogP contribution in [0.2, 0.25) is 0 Å². The van der Waals surface area contributed by atoms with Gasteiger partial charge in [0.05, 0.1) is 20.8 Å². The molecule has 0 spiro atoms. The molecule has 0 radical (unpaired) electrons. The minimum Gasteiger partial charge on any atom is -0.496 e.